The van der Waals surface area contributed by atoms with Crippen LogP contribution in [0.1, 0.15) is 40.4 Å². The lowest BCUT2D eigenvalue weighted by atomic mass is 9.90. The Kier molecular flexibility index (Phi) is 5.61. The van der Waals surface area contributed by atoms with Crippen molar-refractivity contribution >= 4 is 28.3 Å². The zero-order valence-electron chi connectivity index (χ0n) is 18.4. The van der Waals surface area contributed by atoms with E-state index < -0.39 is 35.6 Å². The van der Waals surface area contributed by atoms with Crippen LogP contribution in [-0.2, 0) is 6.18 Å². The lowest BCUT2D eigenvalue weighted by Crippen LogP contribution is -2.39. The number of nitrogen functional groups attached to an aromatic ring is 1. The number of halogens is 6. The molecule has 0 saturated carbocycles. The smallest absolute Gasteiger partial charge is 0.382 e. The number of fused-ring (bicyclic) bond motifs is 3. The van der Waals surface area contributed by atoms with Crippen LogP contribution in [0.2, 0.25) is 0 Å². The number of benzene rings is 2. The lowest BCUT2D eigenvalue weighted by molar-refractivity contribution is -0.137. The van der Waals surface area contributed by atoms with E-state index in [0.29, 0.717) is 11.0 Å². The summed E-state index contributed by atoms with van der Waals surface area (Å²) in [5, 5.41) is 0. The van der Waals surface area contributed by atoms with Gasteiger partial charge in [-0.15, -0.1) is 0 Å². The van der Waals surface area contributed by atoms with Crippen LogP contribution in [0.15, 0.2) is 60.6 Å². The Balaban J connectivity index is 1.58. The Morgan fingerprint density at radius 1 is 1.08 bits per heavy atom. The average Bonchev–Trinajstić information content (AvgIpc) is 3.33. The molecule has 2 N–H and O–H groups in total. The number of anilines is 1. The van der Waals surface area contributed by atoms with Crippen molar-refractivity contribution in [3.05, 3.63) is 83.1 Å². The maximum Gasteiger partial charge on any atom is 0.416 e. The summed E-state index contributed by atoms with van der Waals surface area (Å²) in [6, 6.07) is 5.24. The first-order valence-electron chi connectivity index (χ1n) is 10.8. The molecule has 0 aliphatic carbocycles. The summed E-state index contributed by atoms with van der Waals surface area (Å²) in [7, 11) is 0. The number of imidazole rings is 1. The molecule has 1 fully saturated rings. The van der Waals surface area contributed by atoms with Gasteiger partial charge in [-0.3, -0.25) is 9.20 Å². The van der Waals surface area contributed by atoms with Crippen LogP contribution in [0, 0.1) is 5.82 Å². The molecule has 0 radical (unpaired) electrons. The van der Waals surface area contributed by atoms with Crippen LogP contribution in [0.25, 0.3) is 16.6 Å². The Morgan fingerprint density at radius 3 is 2.47 bits per heavy atom. The van der Waals surface area contributed by atoms with E-state index >= 15 is 4.39 Å². The van der Waals surface area contributed by atoms with Crippen LogP contribution in [0.5, 0.6) is 0 Å². The van der Waals surface area contributed by atoms with Crippen LogP contribution in [0.4, 0.5) is 32.2 Å². The van der Waals surface area contributed by atoms with E-state index in [-0.39, 0.29) is 47.4 Å². The molecule has 186 valence electrons. The van der Waals surface area contributed by atoms with Crippen LogP contribution in [0.3, 0.4) is 0 Å². The number of rotatable bonds is 2. The Morgan fingerprint density at radius 2 is 1.81 bits per heavy atom. The van der Waals surface area contributed by atoms with Crippen molar-refractivity contribution < 1.29 is 31.1 Å². The maximum absolute atomic E-state index is 15.1. The van der Waals surface area contributed by atoms with Gasteiger partial charge in [0.1, 0.15) is 17.2 Å². The number of piperidine rings is 1. The molecule has 1 unspecified atom stereocenters. The summed E-state index contributed by atoms with van der Waals surface area (Å²) in [5.41, 5.74) is 5.62. The fourth-order valence-corrected chi connectivity index (χ4v) is 4.48. The fraction of sp³-hybridized carbons (Fsp3) is 0.208. The van der Waals surface area contributed by atoms with E-state index in [2.05, 4.69) is 9.97 Å². The molecule has 1 amide bonds. The maximum atomic E-state index is 15.1. The van der Waals surface area contributed by atoms with E-state index in [0.717, 1.165) is 30.3 Å². The molecule has 3 heterocycles. The third-order valence-electron chi connectivity index (χ3n) is 6.32. The van der Waals surface area contributed by atoms with Gasteiger partial charge in [-0.1, -0.05) is 12.1 Å². The number of alkyl halides is 3. The van der Waals surface area contributed by atoms with Crippen molar-refractivity contribution in [2.24, 2.45) is 0 Å². The minimum Gasteiger partial charge on any atom is -0.382 e. The first kappa shape index (κ1) is 23.6. The summed E-state index contributed by atoms with van der Waals surface area (Å²) >= 11 is 0. The number of likely N-dealkylation sites (tertiary alicyclic amines) is 1. The molecule has 2 aromatic heterocycles. The number of carbonyl (C=O) groups excluding carboxylic acids is 1. The molecule has 1 saturated heterocycles. The van der Waals surface area contributed by atoms with Gasteiger partial charge >= 0.3 is 6.18 Å². The van der Waals surface area contributed by atoms with Crippen LogP contribution in [-0.4, -0.2) is 31.7 Å². The quantitative estimate of drug-likeness (QED) is 0.352. The number of aromatic nitrogens is 3. The highest BCUT2D eigenvalue weighted by Crippen LogP contribution is 2.38. The number of nitrogens with zero attached hydrogens (tertiary/aromatic N) is 4. The highest BCUT2D eigenvalue weighted by atomic mass is 19.4. The largest absolute Gasteiger partial charge is 0.416 e. The van der Waals surface area contributed by atoms with E-state index in [1.54, 1.807) is 0 Å². The molecule has 0 spiro atoms. The first-order valence-corrected chi connectivity index (χ1v) is 10.8. The molecule has 0 bridgehead atoms. The van der Waals surface area contributed by atoms with Crippen molar-refractivity contribution in [2.45, 2.75) is 25.1 Å². The minimum atomic E-state index is -4.58. The Labute approximate surface area is 199 Å². The molecular formula is C24H17F6N5O. The fourth-order valence-electron chi connectivity index (χ4n) is 4.48. The molecule has 6 nitrogen and oxygen atoms in total. The molecule has 1 aliphatic heterocycles. The number of nitrogens with two attached hydrogens (primary N) is 1. The summed E-state index contributed by atoms with van der Waals surface area (Å²) < 4.78 is 82.5. The molecule has 2 aromatic carbocycles. The minimum absolute atomic E-state index is 0.115. The standard InChI is InChI=1S/C24H17F6N5O/c25-16-9-17-19(35-11-32-10-20(35)22(31)33-17)8-15(16)23(36)34-6-5-13(21(26)27)7-18(34)12-1-3-14(4-2-12)24(28,29)30/h1-4,8-11,18H,5-7H2,(H2,31,33). The zero-order valence-corrected chi connectivity index (χ0v) is 18.4. The van der Waals surface area contributed by atoms with Crippen molar-refractivity contribution in [1.82, 2.24) is 19.3 Å². The van der Waals surface area contributed by atoms with Crippen molar-refractivity contribution in [1.29, 1.82) is 0 Å². The predicted molar refractivity (Wildman–Crippen MR) is 119 cm³/mol. The predicted octanol–water partition coefficient (Wildman–Crippen LogP) is 5.75. The second-order valence-electron chi connectivity index (χ2n) is 8.42. The van der Waals surface area contributed by atoms with E-state index in [4.69, 9.17) is 5.73 Å². The second-order valence-corrected chi connectivity index (χ2v) is 8.42. The van der Waals surface area contributed by atoms with Gasteiger partial charge in [-0.05, 0) is 42.2 Å². The molecule has 36 heavy (non-hydrogen) atoms. The third kappa shape index (κ3) is 4.01. The van der Waals surface area contributed by atoms with Gasteiger partial charge in [0.25, 0.3) is 12.0 Å². The molecule has 1 atom stereocenters. The summed E-state index contributed by atoms with van der Waals surface area (Å²) in [4.78, 5) is 22.9. The van der Waals surface area contributed by atoms with Crippen LogP contribution >= 0.6 is 0 Å². The second kappa shape index (κ2) is 8.54. The lowest BCUT2D eigenvalue weighted by Gasteiger charge is -2.37. The highest BCUT2D eigenvalue weighted by molar-refractivity contribution is 5.98. The summed E-state index contributed by atoms with van der Waals surface area (Å²) in [6.07, 6.45) is -4.04. The van der Waals surface area contributed by atoms with E-state index in [1.807, 2.05) is 0 Å². The average molecular weight is 505 g/mol. The van der Waals surface area contributed by atoms with E-state index in [9.17, 15) is 26.7 Å². The van der Waals surface area contributed by atoms with Gasteiger partial charge in [0, 0.05) is 12.6 Å². The van der Waals surface area contributed by atoms with Crippen LogP contribution < -0.4 is 5.73 Å². The van der Waals surface area contributed by atoms with Crippen molar-refractivity contribution in [3.8, 4) is 0 Å². The SMILES string of the molecule is Nc1nc2cc(F)c(C(=O)N3CCC(=C(F)F)CC3c3ccc(C(F)(F)F)cc3)cc2n2cncc12. The number of carbonyl (C=O) groups is 1. The van der Waals surface area contributed by atoms with E-state index in [1.165, 1.54) is 27.9 Å². The zero-order chi connectivity index (χ0) is 25.8. The molecule has 12 heteroatoms. The highest BCUT2D eigenvalue weighted by Gasteiger charge is 2.35. The number of hydrogen-bond donors (Lipinski definition) is 1. The van der Waals surface area contributed by atoms with Gasteiger partial charge in [-0.2, -0.15) is 22.0 Å². The van der Waals surface area contributed by atoms with Gasteiger partial charge in [0.05, 0.1) is 40.7 Å². The Hall–Kier alpha value is -4.09. The first-order chi connectivity index (χ1) is 17.0. The topological polar surface area (TPSA) is 76.5 Å². The summed E-state index contributed by atoms with van der Waals surface area (Å²) in [5.74, 6) is -1.57. The summed E-state index contributed by atoms with van der Waals surface area (Å²) in [6.45, 7) is -0.171. The monoisotopic (exact) mass is 505 g/mol. The van der Waals surface area contributed by atoms with Crippen molar-refractivity contribution in [2.75, 3.05) is 12.3 Å². The molecular weight excluding hydrogens is 488 g/mol. The van der Waals surface area contributed by atoms with Crippen molar-refractivity contribution in [3.63, 3.8) is 0 Å². The Bertz CT molecular complexity index is 1520. The van der Waals surface area contributed by atoms with Gasteiger partial charge in [0.15, 0.2) is 0 Å². The molecule has 5 rings (SSSR count). The van der Waals surface area contributed by atoms with Gasteiger partial charge < -0.3 is 10.6 Å². The number of amides is 1. The number of hydrogen-bond acceptors (Lipinski definition) is 4. The normalized spacial score (nSPS) is 16.7. The molecule has 4 aromatic rings. The molecule has 1 aliphatic rings. The van der Waals surface area contributed by atoms with Gasteiger partial charge in [-0.25, -0.2) is 14.4 Å². The van der Waals surface area contributed by atoms with Gasteiger partial charge in [0.2, 0.25) is 0 Å². The third-order valence-corrected chi connectivity index (χ3v) is 6.32.